The Morgan fingerprint density at radius 1 is 1.13 bits per heavy atom. The van der Waals surface area contributed by atoms with Crippen LogP contribution in [0, 0.1) is 11.3 Å². The SMILES string of the molecule is CC(Nc1cc(Cl)ncc1C#N)c1nc2cccc(Cl)c2c(=O)n1-c1ccccc1. The summed E-state index contributed by atoms with van der Waals surface area (Å²) in [5, 5.41) is 13.6. The lowest BCUT2D eigenvalue weighted by atomic mass is 10.1. The number of halogens is 2. The van der Waals surface area contributed by atoms with Gasteiger partial charge in [-0.25, -0.2) is 9.97 Å². The van der Waals surface area contributed by atoms with Crippen molar-refractivity contribution >= 4 is 39.8 Å². The van der Waals surface area contributed by atoms with Crippen molar-refractivity contribution in [3.05, 3.63) is 92.7 Å². The minimum atomic E-state index is -0.438. The van der Waals surface area contributed by atoms with Gasteiger partial charge in [-0.15, -0.1) is 0 Å². The molecule has 1 N–H and O–H groups in total. The maximum atomic E-state index is 13.4. The molecule has 30 heavy (non-hydrogen) atoms. The zero-order valence-corrected chi connectivity index (χ0v) is 17.3. The summed E-state index contributed by atoms with van der Waals surface area (Å²) in [6.07, 6.45) is 1.40. The summed E-state index contributed by atoms with van der Waals surface area (Å²) in [5.74, 6) is 0.470. The Bertz CT molecular complexity index is 1350. The number of para-hydroxylation sites is 1. The Kier molecular flexibility index (Phi) is 5.40. The molecule has 0 fully saturated rings. The molecule has 2 heterocycles. The van der Waals surface area contributed by atoms with Gasteiger partial charge in [0.15, 0.2) is 0 Å². The van der Waals surface area contributed by atoms with Gasteiger partial charge >= 0.3 is 0 Å². The summed E-state index contributed by atoms with van der Waals surface area (Å²) >= 11 is 12.3. The molecule has 2 aromatic heterocycles. The summed E-state index contributed by atoms with van der Waals surface area (Å²) in [6, 6.07) is 17.6. The first kappa shape index (κ1) is 19.9. The molecular weight excluding hydrogens is 421 g/mol. The van der Waals surface area contributed by atoms with E-state index in [4.69, 9.17) is 28.2 Å². The van der Waals surface area contributed by atoms with E-state index in [9.17, 15) is 10.1 Å². The molecule has 0 radical (unpaired) electrons. The Morgan fingerprint density at radius 3 is 2.63 bits per heavy atom. The van der Waals surface area contributed by atoms with Crippen molar-refractivity contribution in [1.29, 1.82) is 5.26 Å². The zero-order chi connectivity index (χ0) is 21.3. The van der Waals surface area contributed by atoms with Gasteiger partial charge in [-0.05, 0) is 37.3 Å². The minimum Gasteiger partial charge on any atom is -0.374 e. The molecule has 6 nitrogen and oxygen atoms in total. The predicted molar refractivity (Wildman–Crippen MR) is 118 cm³/mol. The number of nitrogens with one attached hydrogen (secondary N) is 1. The van der Waals surface area contributed by atoms with Crippen molar-refractivity contribution in [3.8, 4) is 11.8 Å². The maximum Gasteiger partial charge on any atom is 0.267 e. The first-order valence-electron chi connectivity index (χ1n) is 9.08. The fourth-order valence-electron chi connectivity index (χ4n) is 3.26. The van der Waals surface area contributed by atoms with E-state index in [1.165, 1.54) is 10.8 Å². The molecule has 0 spiro atoms. The van der Waals surface area contributed by atoms with Crippen LogP contribution in [0.1, 0.15) is 24.4 Å². The summed E-state index contributed by atoms with van der Waals surface area (Å²) in [7, 11) is 0. The van der Waals surface area contributed by atoms with Crippen LogP contribution in [-0.4, -0.2) is 14.5 Å². The molecule has 2 aromatic carbocycles. The molecule has 1 unspecified atom stereocenters. The average molecular weight is 436 g/mol. The van der Waals surface area contributed by atoms with E-state index in [-0.39, 0.29) is 10.7 Å². The Morgan fingerprint density at radius 2 is 1.90 bits per heavy atom. The molecule has 0 bridgehead atoms. The van der Waals surface area contributed by atoms with Crippen LogP contribution in [0.25, 0.3) is 16.6 Å². The summed E-state index contributed by atoms with van der Waals surface area (Å²) < 4.78 is 1.53. The van der Waals surface area contributed by atoms with Crippen LogP contribution in [0.15, 0.2) is 65.6 Å². The lowest BCUT2D eigenvalue weighted by Crippen LogP contribution is -2.27. The average Bonchev–Trinajstić information content (AvgIpc) is 2.74. The van der Waals surface area contributed by atoms with Crippen LogP contribution in [0.3, 0.4) is 0 Å². The predicted octanol–water partition coefficient (Wildman–Crippen LogP) is 5.13. The summed E-state index contributed by atoms with van der Waals surface area (Å²) in [5.41, 5.74) is 1.73. The number of benzene rings is 2. The lowest BCUT2D eigenvalue weighted by Gasteiger charge is -2.21. The second-order valence-corrected chi connectivity index (χ2v) is 7.40. The number of hydrogen-bond acceptors (Lipinski definition) is 5. The highest BCUT2D eigenvalue weighted by Gasteiger charge is 2.20. The van der Waals surface area contributed by atoms with Gasteiger partial charge in [0.2, 0.25) is 0 Å². The van der Waals surface area contributed by atoms with Gasteiger partial charge in [0.05, 0.1) is 38.9 Å². The molecule has 0 saturated carbocycles. The molecule has 148 valence electrons. The normalized spacial score (nSPS) is 11.8. The summed E-state index contributed by atoms with van der Waals surface area (Å²) in [6.45, 7) is 1.85. The van der Waals surface area contributed by atoms with Crippen molar-refractivity contribution in [2.24, 2.45) is 0 Å². The third-order valence-electron chi connectivity index (χ3n) is 4.64. The smallest absolute Gasteiger partial charge is 0.267 e. The number of nitriles is 1. The van der Waals surface area contributed by atoms with E-state index in [0.29, 0.717) is 38.7 Å². The van der Waals surface area contributed by atoms with Gasteiger partial charge in [0, 0.05) is 6.20 Å². The maximum absolute atomic E-state index is 13.4. The van der Waals surface area contributed by atoms with Crippen LogP contribution < -0.4 is 10.9 Å². The molecule has 0 saturated heterocycles. The molecule has 0 aliphatic carbocycles. The number of rotatable bonds is 4. The van der Waals surface area contributed by atoms with E-state index in [1.54, 1.807) is 24.3 Å². The number of nitrogens with zero attached hydrogens (tertiary/aromatic N) is 4. The number of anilines is 1. The van der Waals surface area contributed by atoms with Crippen molar-refractivity contribution in [3.63, 3.8) is 0 Å². The standard InChI is InChI=1S/C22H15Cl2N5O/c1-13(27-18-10-19(24)26-12-14(18)11-25)21-28-17-9-5-8-16(23)20(17)22(30)29(21)15-6-3-2-4-7-15/h2-10,12-13H,1H3,(H,26,27). The highest BCUT2D eigenvalue weighted by Crippen LogP contribution is 2.26. The number of pyridine rings is 1. The van der Waals surface area contributed by atoms with Crippen LogP contribution in [0.2, 0.25) is 10.2 Å². The monoisotopic (exact) mass is 435 g/mol. The first-order valence-corrected chi connectivity index (χ1v) is 9.84. The van der Waals surface area contributed by atoms with Crippen molar-refractivity contribution < 1.29 is 0 Å². The van der Waals surface area contributed by atoms with E-state index >= 15 is 0 Å². The van der Waals surface area contributed by atoms with E-state index < -0.39 is 6.04 Å². The molecule has 4 aromatic rings. The van der Waals surface area contributed by atoms with Crippen LogP contribution >= 0.6 is 23.2 Å². The number of fused-ring (bicyclic) bond motifs is 1. The Labute approximate surface area is 182 Å². The van der Waals surface area contributed by atoms with Gasteiger partial charge in [-0.1, -0.05) is 47.5 Å². The van der Waals surface area contributed by atoms with E-state index in [2.05, 4.69) is 16.4 Å². The zero-order valence-electron chi connectivity index (χ0n) is 15.8. The molecule has 8 heteroatoms. The summed E-state index contributed by atoms with van der Waals surface area (Å²) in [4.78, 5) is 22.1. The van der Waals surface area contributed by atoms with E-state index in [1.807, 2.05) is 37.3 Å². The van der Waals surface area contributed by atoms with Crippen molar-refractivity contribution in [2.75, 3.05) is 5.32 Å². The quantitative estimate of drug-likeness (QED) is 0.449. The lowest BCUT2D eigenvalue weighted by molar-refractivity contribution is 0.734. The van der Waals surface area contributed by atoms with Crippen LogP contribution in [-0.2, 0) is 0 Å². The van der Waals surface area contributed by atoms with Gasteiger partial charge in [0.1, 0.15) is 17.0 Å². The topological polar surface area (TPSA) is 83.6 Å². The van der Waals surface area contributed by atoms with Gasteiger partial charge < -0.3 is 5.32 Å². The number of hydrogen-bond donors (Lipinski definition) is 1. The molecule has 0 aliphatic heterocycles. The fourth-order valence-corrected chi connectivity index (χ4v) is 3.67. The molecular formula is C22H15Cl2N5O. The van der Waals surface area contributed by atoms with Crippen molar-refractivity contribution in [1.82, 2.24) is 14.5 Å². The first-order chi connectivity index (χ1) is 14.5. The van der Waals surface area contributed by atoms with Gasteiger partial charge in [-0.3, -0.25) is 9.36 Å². The number of aromatic nitrogens is 3. The Hall–Kier alpha value is -3.40. The van der Waals surface area contributed by atoms with E-state index in [0.717, 1.165) is 0 Å². The van der Waals surface area contributed by atoms with Gasteiger partial charge in [-0.2, -0.15) is 5.26 Å². The fraction of sp³-hybridized carbons (Fsp3) is 0.0909. The van der Waals surface area contributed by atoms with Crippen LogP contribution in [0.5, 0.6) is 0 Å². The molecule has 1 atom stereocenters. The van der Waals surface area contributed by atoms with Gasteiger partial charge in [0.25, 0.3) is 5.56 Å². The third-order valence-corrected chi connectivity index (χ3v) is 5.16. The molecule has 0 aliphatic rings. The third kappa shape index (κ3) is 3.61. The second kappa shape index (κ2) is 8.15. The largest absolute Gasteiger partial charge is 0.374 e. The molecule has 4 rings (SSSR count). The second-order valence-electron chi connectivity index (χ2n) is 6.61. The minimum absolute atomic E-state index is 0.252. The highest BCUT2D eigenvalue weighted by atomic mass is 35.5. The van der Waals surface area contributed by atoms with Crippen LogP contribution in [0.4, 0.5) is 5.69 Å². The molecule has 0 amide bonds. The highest BCUT2D eigenvalue weighted by molar-refractivity contribution is 6.35. The van der Waals surface area contributed by atoms with Crippen molar-refractivity contribution in [2.45, 2.75) is 13.0 Å². The Balaban J connectivity index is 1.93.